The summed E-state index contributed by atoms with van der Waals surface area (Å²) in [6, 6.07) is 0. The van der Waals surface area contributed by atoms with Gasteiger partial charge in [0.05, 0.1) is 12.7 Å². The van der Waals surface area contributed by atoms with Gasteiger partial charge >= 0.3 is 0 Å². The summed E-state index contributed by atoms with van der Waals surface area (Å²) < 4.78 is 5.53. The number of hydrogen-bond donors (Lipinski definition) is 1. The summed E-state index contributed by atoms with van der Waals surface area (Å²) in [5.41, 5.74) is 0. The van der Waals surface area contributed by atoms with Crippen LogP contribution in [-0.2, 0) is 4.74 Å². The fourth-order valence-electron chi connectivity index (χ4n) is 1.30. The zero-order chi connectivity index (χ0) is 7.40. The molecule has 0 saturated carbocycles. The van der Waals surface area contributed by atoms with Crippen molar-refractivity contribution in [2.75, 3.05) is 19.7 Å². The smallest absolute Gasteiger partial charge is 0.0702 e. The predicted molar refractivity (Wildman–Crippen MR) is 52.4 cm³/mol. The number of nitrogens with one attached hydrogen (secondary N) is 1. The van der Waals surface area contributed by atoms with E-state index in [1.165, 1.54) is 6.42 Å². The van der Waals surface area contributed by atoms with Crippen molar-refractivity contribution < 1.29 is 4.74 Å². The predicted octanol–water partition coefficient (Wildman–Crippen LogP) is 1.13. The van der Waals surface area contributed by atoms with Crippen LogP contribution in [0, 0.1) is 5.92 Å². The molecule has 0 unspecified atom stereocenters. The molecular weight excluding hydrogens is 158 g/mol. The number of hydrogen-bond acceptors (Lipinski definition) is 2. The zero-order valence-electron chi connectivity index (χ0n) is 7.39. The molecule has 0 bridgehead atoms. The molecule has 1 rings (SSSR count). The van der Waals surface area contributed by atoms with Crippen LogP contribution in [-0.4, -0.2) is 25.8 Å². The Kier molecular flexibility index (Phi) is 6.01. The second-order valence-electron chi connectivity index (χ2n) is 3.33. The third-order valence-corrected chi connectivity index (χ3v) is 1.74. The maximum absolute atomic E-state index is 5.53. The zero-order valence-corrected chi connectivity index (χ0v) is 8.39. The quantitative estimate of drug-likeness (QED) is 0.683. The van der Waals surface area contributed by atoms with Crippen molar-refractivity contribution in [3.63, 3.8) is 0 Å². The first kappa shape index (κ1) is 11.3. The van der Waals surface area contributed by atoms with Crippen LogP contribution in [0.4, 0.5) is 0 Å². The van der Waals surface area contributed by atoms with Crippen LogP contribution in [0.3, 0.4) is 0 Å². The molecule has 1 saturated heterocycles. The molecule has 1 heterocycles. The molecular formula is C8H19NOS. The van der Waals surface area contributed by atoms with Crippen LogP contribution in [0.15, 0.2) is 0 Å². The average Bonchev–Trinajstić information content (AvgIpc) is 1.88. The molecule has 1 aliphatic rings. The monoisotopic (exact) mass is 177 g/mol. The van der Waals surface area contributed by atoms with Gasteiger partial charge in [0.1, 0.15) is 0 Å². The largest absolute Gasteiger partial charge is 0.376 e. The Morgan fingerprint density at radius 3 is 2.73 bits per heavy atom. The summed E-state index contributed by atoms with van der Waals surface area (Å²) >= 11 is 0. The van der Waals surface area contributed by atoms with E-state index in [1.807, 2.05) is 0 Å². The molecule has 1 aliphatic heterocycles. The van der Waals surface area contributed by atoms with E-state index in [1.54, 1.807) is 0 Å². The van der Waals surface area contributed by atoms with Gasteiger partial charge in [0.25, 0.3) is 0 Å². The molecule has 1 atom stereocenters. The van der Waals surface area contributed by atoms with Gasteiger partial charge in [-0.15, -0.1) is 0 Å². The van der Waals surface area contributed by atoms with Crippen molar-refractivity contribution in [2.45, 2.75) is 26.4 Å². The molecule has 2 nitrogen and oxygen atoms in total. The molecule has 0 spiro atoms. The van der Waals surface area contributed by atoms with Crippen molar-refractivity contribution in [3.05, 3.63) is 0 Å². The second-order valence-corrected chi connectivity index (χ2v) is 3.33. The highest BCUT2D eigenvalue weighted by molar-refractivity contribution is 7.59. The first-order chi connectivity index (χ1) is 4.79. The van der Waals surface area contributed by atoms with Crippen LogP contribution in [0.1, 0.15) is 20.3 Å². The summed E-state index contributed by atoms with van der Waals surface area (Å²) in [4.78, 5) is 0. The van der Waals surface area contributed by atoms with Crippen LogP contribution in [0.25, 0.3) is 0 Å². The standard InChI is InChI=1S/C8H17NO.H2S/c1-7(2)5-8-6-9-3-4-10-8;/h7-9H,3-6H2,1-2H3;1H2/t8-;/m1./s1. The third-order valence-electron chi connectivity index (χ3n) is 1.74. The molecule has 0 aromatic heterocycles. The van der Waals surface area contributed by atoms with E-state index >= 15 is 0 Å². The second kappa shape index (κ2) is 5.86. The van der Waals surface area contributed by atoms with E-state index in [0.29, 0.717) is 6.10 Å². The van der Waals surface area contributed by atoms with Crippen molar-refractivity contribution in [2.24, 2.45) is 5.92 Å². The summed E-state index contributed by atoms with van der Waals surface area (Å²) in [7, 11) is 0. The number of ether oxygens (including phenoxy) is 1. The Morgan fingerprint density at radius 1 is 1.55 bits per heavy atom. The van der Waals surface area contributed by atoms with Crippen LogP contribution < -0.4 is 5.32 Å². The normalized spacial score (nSPS) is 24.8. The molecule has 1 N–H and O–H groups in total. The third kappa shape index (κ3) is 4.67. The molecule has 1 fully saturated rings. The van der Waals surface area contributed by atoms with Crippen LogP contribution in [0.2, 0.25) is 0 Å². The van der Waals surface area contributed by atoms with Gasteiger partial charge in [0.2, 0.25) is 0 Å². The SMILES string of the molecule is CC(C)C[C@@H]1CNCCO1.S. The number of rotatable bonds is 2. The van der Waals surface area contributed by atoms with Crippen LogP contribution >= 0.6 is 13.5 Å². The van der Waals surface area contributed by atoms with Gasteiger partial charge in [-0.25, -0.2) is 0 Å². The van der Waals surface area contributed by atoms with E-state index in [0.717, 1.165) is 25.6 Å². The first-order valence-electron chi connectivity index (χ1n) is 4.11. The Bertz CT molecular complexity index is 92.1. The van der Waals surface area contributed by atoms with E-state index in [9.17, 15) is 0 Å². The van der Waals surface area contributed by atoms with Crippen molar-refractivity contribution >= 4 is 13.5 Å². The van der Waals surface area contributed by atoms with Gasteiger partial charge in [-0.1, -0.05) is 13.8 Å². The van der Waals surface area contributed by atoms with Crippen molar-refractivity contribution in [1.82, 2.24) is 5.32 Å². The summed E-state index contributed by atoms with van der Waals surface area (Å²) in [5, 5.41) is 3.32. The minimum Gasteiger partial charge on any atom is -0.376 e. The lowest BCUT2D eigenvalue weighted by atomic mass is 10.1. The lowest BCUT2D eigenvalue weighted by Gasteiger charge is -2.24. The molecule has 68 valence electrons. The van der Waals surface area contributed by atoms with Gasteiger partial charge in [-0.2, -0.15) is 13.5 Å². The Labute approximate surface area is 76.1 Å². The fourth-order valence-corrected chi connectivity index (χ4v) is 1.30. The molecule has 0 amide bonds. The Balaban J connectivity index is 0.000001000. The Morgan fingerprint density at radius 2 is 2.27 bits per heavy atom. The fraction of sp³-hybridized carbons (Fsp3) is 1.00. The highest BCUT2D eigenvalue weighted by Crippen LogP contribution is 2.08. The summed E-state index contributed by atoms with van der Waals surface area (Å²) in [6.45, 7) is 7.42. The minimum absolute atomic E-state index is 0. The topological polar surface area (TPSA) is 21.3 Å². The average molecular weight is 177 g/mol. The summed E-state index contributed by atoms with van der Waals surface area (Å²) in [6.07, 6.45) is 1.65. The molecule has 11 heavy (non-hydrogen) atoms. The minimum atomic E-state index is 0. The maximum atomic E-state index is 5.53. The summed E-state index contributed by atoms with van der Waals surface area (Å²) in [5.74, 6) is 0.755. The lowest BCUT2D eigenvalue weighted by Crippen LogP contribution is -2.39. The van der Waals surface area contributed by atoms with E-state index in [-0.39, 0.29) is 13.5 Å². The highest BCUT2D eigenvalue weighted by Gasteiger charge is 2.13. The van der Waals surface area contributed by atoms with Crippen LogP contribution in [0.5, 0.6) is 0 Å². The first-order valence-corrected chi connectivity index (χ1v) is 4.11. The van der Waals surface area contributed by atoms with E-state index < -0.39 is 0 Å². The maximum Gasteiger partial charge on any atom is 0.0702 e. The molecule has 0 aromatic carbocycles. The van der Waals surface area contributed by atoms with Gasteiger partial charge < -0.3 is 10.1 Å². The van der Waals surface area contributed by atoms with Gasteiger partial charge in [0, 0.05) is 13.1 Å². The molecule has 0 aliphatic carbocycles. The van der Waals surface area contributed by atoms with Gasteiger partial charge in [-0.05, 0) is 12.3 Å². The van der Waals surface area contributed by atoms with E-state index in [2.05, 4.69) is 19.2 Å². The van der Waals surface area contributed by atoms with Crippen molar-refractivity contribution in [3.8, 4) is 0 Å². The highest BCUT2D eigenvalue weighted by atomic mass is 32.1. The van der Waals surface area contributed by atoms with Gasteiger partial charge in [0.15, 0.2) is 0 Å². The van der Waals surface area contributed by atoms with Gasteiger partial charge in [-0.3, -0.25) is 0 Å². The molecule has 3 heteroatoms. The molecule has 0 radical (unpaired) electrons. The Hall–Kier alpha value is 0.270. The van der Waals surface area contributed by atoms with Crippen molar-refractivity contribution in [1.29, 1.82) is 0 Å². The lowest BCUT2D eigenvalue weighted by molar-refractivity contribution is 0.0163. The number of morpholine rings is 1. The van der Waals surface area contributed by atoms with E-state index in [4.69, 9.17) is 4.74 Å². The molecule has 0 aromatic rings.